The molecule has 3 amide bonds. The van der Waals surface area contributed by atoms with Gasteiger partial charge in [0.15, 0.2) is 5.82 Å². The van der Waals surface area contributed by atoms with Crippen molar-refractivity contribution in [1.29, 1.82) is 0 Å². The average Bonchev–Trinajstić information content (AvgIpc) is 2.98. The number of thioether (sulfide) groups is 1. The fraction of sp³-hybridized carbons (Fsp3) is 0.226. The Labute approximate surface area is 252 Å². The SMILES string of the molecule is CSc1ccc(NC(=O)c2ccc(C)c(-c3nc(NCCN(C)C)nc4c3CNC(=O)N4c3c(F)cccc3F)c2)cc1. The standard InChI is InChI=1S/C31H31F2N7O2S/c1-18-8-9-19(29(41)36-20-10-12-21(43-4)13-11-20)16-22(18)26-23-17-35-31(42)40(27-24(32)6-5-7-25(27)33)28(23)38-30(37-26)34-14-15-39(2)3/h5-13,16H,14-15,17H2,1-4H3,(H,35,42)(H,36,41)(H,34,37,38). The lowest BCUT2D eigenvalue weighted by Crippen LogP contribution is -2.43. The van der Waals surface area contributed by atoms with Crippen molar-refractivity contribution in [1.82, 2.24) is 20.2 Å². The highest BCUT2D eigenvalue weighted by Crippen LogP contribution is 2.39. The van der Waals surface area contributed by atoms with Crippen molar-refractivity contribution in [3.8, 4) is 11.3 Å². The molecule has 0 aliphatic carbocycles. The molecular formula is C31H31F2N7O2S. The number of fused-ring (bicyclic) bond motifs is 1. The molecule has 0 radical (unpaired) electrons. The van der Waals surface area contributed by atoms with Gasteiger partial charge in [-0.3, -0.25) is 4.79 Å². The van der Waals surface area contributed by atoms with Gasteiger partial charge in [0.2, 0.25) is 5.95 Å². The molecule has 1 aliphatic rings. The van der Waals surface area contributed by atoms with E-state index in [4.69, 9.17) is 4.98 Å². The topological polar surface area (TPSA) is 102 Å². The first-order chi connectivity index (χ1) is 20.7. The maximum atomic E-state index is 15.0. The zero-order valence-electron chi connectivity index (χ0n) is 24.2. The molecule has 4 aromatic rings. The van der Waals surface area contributed by atoms with Crippen LogP contribution in [0.4, 0.5) is 36.7 Å². The van der Waals surface area contributed by atoms with Crippen molar-refractivity contribution in [3.05, 3.63) is 89.0 Å². The Kier molecular flexibility index (Phi) is 8.88. The van der Waals surface area contributed by atoms with Crippen molar-refractivity contribution in [2.75, 3.05) is 49.0 Å². The van der Waals surface area contributed by atoms with Gasteiger partial charge < -0.3 is 20.9 Å². The minimum absolute atomic E-state index is 0.0195. The number of amides is 3. The number of aryl methyl sites for hydroxylation is 1. The predicted molar refractivity (Wildman–Crippen MR) is 166 cm³/mol. The summed E-state index contributed by atoms with van der Waals surface area (Å²) in [6.45, 7) is 3.03. The maximum Gasteiger partial charge on any atom is 0.328 e. The molecule has 2 heterocycles. The Bertz CT molecular complexity index is 1660. The average molecular weight is 604 g/mol. The van der Waals surface area contributed by atoms with Crippen LogP contribution in [0.5, 0.6) is 0 Å². The summed E-state index contributed by atoms with van der Waals surface area (Å²) in [7, 11) is 3.84. The van der Waals surface area contributed by atoms with E-state index in [1.165, 1.54) is 6.07 Å². The van der Waals surface area contributed by atoms with Crippen LogP contribution in [0.15, 0.2) is 65.6 Å². The van der Waals surface area contributed by atoms with Crippen LogP contribution in [0.2, 0.25) is 0 Å². The van der Waals surface area contributed by atoms with Gasteiger partial charge in [0.25, 0.3) is 5.91 Å². The Hall–Kier alpha value is -4.55. The number of hydrogen-bond donors (Lipinski definition) is 3. The molecule has 12 heteroatoms. The van der Waals surface area contributed by atoms with Gasteiger partial charge in [-0.15, -0.1) is 11.8 Å². The normalized spacial score (nSPS) is 12.6. The number of rotatable bonds is 9. The van der Waals surface area contributed by atoms with Crippen molar-refractivity contribution < 1.29 is 18.4 Å². The largest absolute Gasteiger partial charge is 0.353 e. The molecule has 1 aliphatic heterocycles. The fourth-order valence-electron chi connectivity index (χ4n) is 4.66. The van der Waals surface area contributed by atoms with Crippen LogP contribution < -0.4 is 20.9 Å². The van der Waals surface area contributed by atoms with Gasteiger partial charge in [-0.05, 0) is 81.4 Å². The maximum absolute atomic E-state index is 15.0. The molecule has 9 nitrogen and oxygen atoms in total. The number of anilines is 4. The number of nitrogens with one attached hydrogen (secondary N) is 3. The lowest BCUT2D eigenvalue weighted by molar-refractivity contribution is 0.102. The van der Waals surface area contributed by atoms with Crippen LogP contribution in [0.25, 0.3) is 11.3 Å². The number of aromatic nitrogens is 2. The molecule has 0 spiro atoms. The van der Waals surface area contributed by atoms with Gasteiger partial charge in [-0.1, -0.05) is 12.1 Å². The predicted octanol–water partition coefficient (Wildman–Crippen LogP) is 6.04. The summed E-state index contributed by atoms with van der Waals surface area (Å²) in [4.78, 5) is 39.6. The lowest BCUT2D eigenvalue weighted by atomic mass is 9.97. The van der Waals surface area contributed by atoms with E-state index >= 15 is 0 Å². The number of halogens is 2. The first-order valence-electron chi connectivity index (χ1n) is 13.5. The second-order valence-electron chi connectivity index (χ2n) is 10.2. The molecule has 0 saturated carbocycles. The number of likely N-dealkylation sites (N-methyl/N-ethyl adjacent to an activating group) is 1. The van der Waals surface area contributed by atoms with E-state index in [9.17, 15) is 18.4 Å². The monoisotopic (exact) mass is 603 g/mol. The molecule has 5 rings (SSSR count). The van der Waals surface area contributed by atoms with E-state index in [2.05, 4.69) is 20.9 Å². The molecule has 3 aromatic carbocycles. The third-order valence-corrected chi connectivity index (χ3v) is 7.67. The van der Waals surface area contributed by atoms with Gasteiger partial charge in [-0.25, -0.2) is 23.5 Å². The molecule has 43 heavy (non-hydrogen) atoms. The van der Waals surface area contributed by atoms with E-state index in [-0.39, 0.29) is 24.2 Å². The summed E-state index contributed by atoms with van der Waals surface area (Å²) < 4.78 is 29.9. The Morgan fingerprint density at radius 2 is 1.79 bits per heavy atom. The summed E-state index contributed by atoms with van der Waals surface area (Å²) in [5.74, 6) is -1.91. The number of para-hydroxylation sites is 1. The van der Waals surface area contributed by atoms with Gasteiger partial charge in [-0.2, -0.15) is 4.98 Å². The van der Waals surface area contributed by atoms with E-state index in [0.717, 1.165) is 27.5 Å². The highest BCUT2D eigenvalue weighted by molar-refractivity contribution is 7.98. The lowest BCUT2D eigenvalue weighted by Gasteiger charge is -2.31. The van der Waals surface area contributed by atoms with Crippen LogP contribution in [0, 0.1) is 18.6 Å². The third kappa shape index (κ3) is 6.45. The second-order valence-corrected chi connectivity index (χ2v) is 11.1. The van der Waals surface area contributed by atoms with Crippen LogP contribution in [-0.2, 0) is 6.54 Å². The number of carbonyl (C=O) groups is 2. The van der Waals surface area contributed by atoms with E-state index in [1.54, 1.807) is 23.9 Å². The Balaban J connectivity index is 1.61. The van der Waals surface area contributed by atoms with Gasteiger partial charge in [0.1, 0.15) is 17.3 Å². The summed E-state index contributed by atoms with van der Waals surface area (Å²) in [6, 6.07) is 15.5. The zero-order chi connectivity index (χ0) is 30.7. The number of urea groups is 1. The minimum Gasteiger partial charge on any atom is -0.353 e. The number of benzene rings is 3. The molecule has 0 atom stereocenters. The molecule has 0 fully saturated rings. The molecule has 0 bridgehead atoms. The van der Waals surface area contributed by atoms with Crippen LogP contribution in [0.3, 0.4) is 0 Å². The second kappa shape index (κ2) is 12.8. The van der Waals surface area contributed by atoms with Crippen molar-refractivity contribution in [2.24, 2.45) is 0 Å². The molecular weight excluding hydrogens is 572 g/mol. The highest BCUT2D eigenvalue weighted by atomic mass is 32.2. The summed E-state index contributed by atoms with van der Waals surface area (Å²) in [5.41, 5.74) is 2.81. The van der Waals surface area contributed by atoms with Crippen LogP contribution in [0.1, 0.15) is 21.5 Å². The molecule has 0 unspecified atom stereocenters. The summed E-state index contributed by atoms with van der Waals surface area (Å²) >= 11 is 1.61. The molecule has 3 N–H and O–H groups in total. The molecule has 222 valence electrons. The number of hydrogen-bond acceptors (Lipinski definition) is 7. The zero-order valence-corrected chi connectivity index (χ0v) is 25.0. The fourth-order valence-corrected chi connectivity index (χ4v) is 5.07. The van der Waals surface area contributed by atoms with Crippen LogP contribution >= 0.6 is 11.8 Å². The summed E-state index contributed by atoms with van der Waals surface area (Å²) in [6.07, 6.45) is 1.98. The number of carbonyl (C=O) groups excluding carboxylic acids is 2. The van der Waals surface area contributed by atoms with Gasteiger partial charge in [0, 0.05) is 40.4 Å². The first-order valence-corrected chi connectivity index (χ1v) is 14.8. The van der Waals surface area contributed by atoms with Crippen molar-refractivity contribution >= 4 is 46.8 Å². The van der Waals surface area contributed by atoms with E-state index in [1.807, 2.05) is 62.5 Å². The minimum atomic E-state index is -0.911. The molecule has 1 aromatic heterocycles. The molecule has 0 saturated heterocycles. The van der Waals surface area contributed by atoms with Crippen LogP contribution in [-0.4, -0.2) is 60.2 Å². The van der Waals surface area contributed by atoms with Crippen molar-refractivity contribution in [3.63, 3.8) is 0 Å². The van der Waals surface area contributed by atoms with Crippen molar-refractivity contribution in [2.45, 2.75) is 18.4 Å². The van der Waals surface area contributed by atoms with E-state index in [0.29, 0.717) is 41.2 Å². The Morgan fingerprint density at radius 3 is 2.47 bits per heavy atom. The smallest absolute Gasteiger partial charge is 0.328 e. The van der Waals surface area contributed by atoms with Gasteiger partial charge >= 0.3 is 6.03 Å². The van der Waals surface area contributed by atoms with E-state index < -0.39 is 23.4 Å². The van der Waals surface area contributed by atoms with Gasteiger partial charge in [0.05, 0.1) is 12.2 Å². The number of nitrogens with zero attached hydrogens (tertiary/aromatic N) is 4. The third-order valence-electron chi connectivity index (χ3n) is 6.92. The highest BCUT2D eigenvalue weighted by Gasteiger charge is 2.34. The first kappa shape index (κ1) is 29.9. The Morgan fingerprint density at radius 1 is 1.07 bits per heavy atom. The quantitative estimate of drug-likeness (QED) is 0.201. The summed E-state index contributed by atoms with van der Waals surface area (Å²) in [5, 5.41) is 8.77.